The third-order valence-corrected chi connectivity index (χ3v) is 3.34. The molecule has 1 aromatic heterocycles. The standard InChI is InChI=1S/C12H11BO4S/c1-8-2-4-9(5-3-8)17-12(14)10-6-7-18-11(10)13(15)16/h2-7,15-16H,1H3. The number of thiophene rings is 1. The van der Waals surface area contributed by atoms with E-state index in [9.17, 15) is 4.79 Å². The van der Waals surface area contributed by atoms with E-state index in [1.807, 2.05) is 19.1 Å². The molecule has 0 aliphatic heterocycles. The number of benzene rings is 1. The summed E-state index contributed by atoms with van der Waals surface area (Å²) in [5.41, 5.74) is 1.24. The monoisotopic (exact) mass is 262 g/mol. The lowest BCUT2D eigenvalue weighted by Crippen LogP contribution is -2.32. The number of hydrogen-bond donors (Lipinski definition) is 2. The first kappa shape index (κ1) is 12.8. The van der Waals surface area contributed by atoms with Gasteiger partial charge in [-0.1, -0.05) is 17.7 Å². The minimum atomic E-state index is -1.66. The Hall–Kier alpha value is -1.63. The Morgan fingerprint density at radius 2 is 1.89 bits per heavy atom. The van der Waals surface area contributed by atoms with Crippen LogP contribution in [0.2, 0.25) is 0 Å². The molecule has 1 aromatic carbocycles. The molecule has 1 heterocycles. The van der Waals surface area contributed by atoms with Gasteiger partial charge in [0.1, 0.15) is 5.75 Å². The van der Waals surface area contributed by atoms with Crippen LogP contribution in [0.25, 0.3) is 0 Å². The van der Waals surface area contributed by atoms with Crippen molar-refractivity contribution in [3.63, 3.8) is 0 Å². The molecule has 0 bridgehead atoms. The molecule has 0 saturated heterocycles. The summed E-state index contributed by atoms with van der Waals surface area (Å²) in [6.07, 6.45) is 0. The number of carbonyl (C=O) groups is 1. The van der Waals surface area contributed by atoms with Crippen molar-refractivity contribution in [3.8, 4) is 5.75 Å². The zero-order chi connectivity index (χ0) is 13.1. The van der Waals surface area contributed by atoms with Crippen molar-refractivity contribution in [2.45, 2.75) is 6.92 Å². The van der Waals surface area contributed by atoms with E-state index < -0.39 is 13.1 Å². The summed E-state index contributed by atoms with van der Waals surface area (Å²) < 4.78 is 5.34. The lowest BCUT2D eigenvalue weighted by Gasteiger charge is -2.05. The Morgan fingerprint density at radius 3 is 2.50 bits per heavy atom. The normalized spacial score (nSPS) is 10.2. The maximum Gasteiger partial charge on any atom is 0.499 e. The van der Waals surface area contributed by atoms with Crippen LogP contribution in [0.4, 0.5) is 0 Å². The van der Waals surface area contributed by atoms with Crippen LogP contribution in [-0.2, 0) is 0 Å². The number of aryl methyl sites for hydroxylation is 1. The molecular formula is C12H11BO4S. The Kier molecular flexibility index (Phi) is 3.81. The molecule has 2 N–H and O–H groups in total. The Morgan fingerprint density at radius 1 is 1.22 bits per heavy atom. The molecule has 18 heavy (non-hydrogen) atoms. The van der Waals surface area contributed by atoms with Crippen LogP contribution >= 0.6 is 11.3 Å². The molecule has 2 aromatic rings. The highest BCUT2D eigenvalue weighted by molar-refractivity contribution is 7.21. The van der Waals surface area contributed by atoms with Gasteiger partial charge in [-0.05, 0) is 30.5 Å². The van der Waals surface area contributed by atoms with Gasteiger partial charge < -0.3 is 14.8 Å². The van der Waals surface area contributed by atoms with Crippen molar-refractivity contribution >= 4 is 29.2 Å². The number of esters is 1. The van der Waals surface area contributed by atoms with Crippen molar-refractivity contribution < 1.29 is 19.6 Å². The smallest absolute Gasteiger partial charge is 0.423 e. The fourth-order valence-corrected chi connectivity index (χ4v) is 2.21. The second-order valence-corrected chi connectivity index (χ2v) is 4.72. The Bertz CT molecular complexity index is 547. The third kappa shape index (κ3) is 2.79. The van der Waals surface area contributed by atoms with Crippen LogP contribution in [0.1, 0.15) is 15.9 Å². The fraction of sp³-hybridized carbons (Fsp3) is 0.0833. The number of ether oxygens (including phenoxy) is 1. The van der Waals surface area contributed by atoms with Gasteiger partial charge in [0.05, 0.1) is 5.56 Å². The molecule has 0 spiro atoms. The van der Waals surface area contributed by atoms with Gasteiger partial charge in [-0.15, -0.1) is 0 Å². The first-order chi connectivity index (χ1) is 8.58. The number of hydrogen-bond acceptors (Lipinski definition) is 5. The number of carbonyl (C=O) groups excluding carboxylic acids is 1. The van der Waals surface area contributed by atoms with E-state index in [1.165, 1.54) is 6.07 Å². The zero-order valence-electron chi connectivity index (χ0n) is 9.66. The third-order valence-electron chi connectivity index (χ3n) is 2.38. The van der Waals surface area contributed by atoms with Gasteiger partial charge in [-0.2, -0.15) is 11.3 Å². The van der Waals surface area contributed by atoms with Crippen molar-refractivity contribution in [2.24, 2.45) is 0 Å². The molecule has 0 aliphatic rings. The van der Waals surface area contributed by atoms with Crippen molar-refractivity contribution in [3.05, 3.63) is 46.8 Å². The molecule has 6 heteroatoms. The average Bonchev–Trinajstić information content (AvgIpc) is 2.81. The molecule has 0 radical (unpaired) electrons. The molecule has 4 nitrogen and oxygen atoms in total. The van der Waals surface area contributed by atoms with E-state index in [0.717, 1.165) is 16.9 Å². The molecule has 0 fully saturated rings. The highest BCUT2D eigenvalue weighted by atomic mass is 32.1. The summed E-state index contributed by atoms with van der Waals surface area (Å²) in [4.78, 5) is 11.8. The summed E-state index contributed by atoms with van der Waals surface area (Å²) in [5, 5.41) is 19.8. The molecule has 0 atom stereocenters. The minimum Gasteiger partial charge on any atom is -0.423 e. The lowest BCUT2D eigenvalue weighted by atomic mass is 9.86. The first-order valence-corrected chi connectivity index (χ1v) is 6.18. The van der Waals surface area contributed by atoms with Crippen LogP contribution in [0, 0.1) is 6.92 Å². The number of rotatable bonds is 3. The molecule has 0 aliphatic carbocycles. The van der Waals surface area contributed by atoms with E-state index in [2.05, 4.69) is 0 Å². The molecule has 2 rings (SSSR count). The highest BCUT2D eigenvalue weighted by Crippen LogP contribution is 2.14. The minimum absolute atomic E-state index is 0.176. The van der Waals surface area contributed by atoms with Crippen molar-refractivity contribution in [1.82, 2.24) is 0 Å². The van der Waals surface area contributed by atoms with Gasteiger partial charge in [-0.25, -0.2) is 4.79 Å². The van der Waals surface area contributed by atoms with Crippen molar-refractivity contribution in [2.75, 3.05) is 0 Å². The van der Waals surface area contributed by atoms with Gasteiger partial charge >= 0.3 is 13.1 Å². The predicted octanol–water partition coefficient (Wildman–Crippen LogP) is 0.956. The summed E-state index contributed by atoms with van der Waals surface area (Å²) in [7, 11) is -1.66. The summed E-state index contributed by atoms with van der Waals surface area (Å²) in [6, 6.07) is 8.55. The maximum atomic E-state index is 11.8. The van der Waals surface area contributed by atoms with Gasteiger partial charge in [0.25, 0.3) is 0 Å². The second kappa shape index (κ2) is 5.35. The summed E-state index contributed by atoms with van der Waals surface area (Å²) in [5.74, 6) is -0.168. The second-order valence-electron chi connectivity index (χ2n) is 3.77. The van der Waals surface area contributed by atoms with E-state index in [0.29, 0.717) is 5.75 Å². The summed E-state index contributed by atoms with van der Waals surface area (Å²) in [6.45, 7) is 1.94. The van der Waals surface area contributed by atoms with Gasteiger partial charge in [0.15, 0.2) is 0 Å². The maximum absolute atomic E-state index is 11.8. The molecule has 0 unspecified atom stereocenters. The van der Waals surface area contributed by atoms with E-state index >= 15 is 0 Å². The zero-order valence-corrected chi connectivity index (χ0v) is 10.5. The van der Waals surface area contributed by atoms with Gasteiger partial charge in [0.2, 0.25) is 0 Å². The SMILES string of the molecule is Cc1ccc(OC(=O)c2ccsc2B(O)O)cc1. The Labute approximate surface area is 109 Å². The van der Waals surface area contributed by atoms with E-state index in [4.69, 9.17) is 14.8 Å². The van der Waals surface area contributed by atoms with Gasteiger partial charge in [0, 0.05) is 4.78 Å². The Balaban J connectivity index is 2.17. The van der Waals surface area contributed by atoms with Crippen LogP contribution in [0.5, 0.6) is 5.75 Å². The average molecular weight is 262 g/mol. The quantitative estimate of drug-likeness (QED) is 0.491. The van der Waals surface area contributed by atoms with Gasteiger partial charge in [-0.3, -0.25) is 0 Å². The van der Waals surface area contributed by atoms with Crippen LogP contribution in [-0.4, -0.2) is 23.1 Å². The van der Waals surface area contributed by atoms with E-state index in [1.54, 1.807) is 17.5 Å². The molecule has 0 saturated carbocycles. The molecule has 0 amide bonds. The summed E-state index contributed by atoms with van der Waals surface area (Å²) >= 11 is 1.10. The highest BCUT2D eigenvalue weighted by Gasteiger charge is 2.23. The lowest BCUT2D eigenvalue weighted by molar-refractivity contribution is 0.0736. The fourth-order valence-electron chi connectivity index (χ4n) is 1.46. The predicted molar refractivity (Wildman–Crippen MR) is 70.3 cm³/mol. The topological polar surface area (TPSA) is 66.8 Å². The van der Waals surface area contributed by atoms with E-state index in [-0.39, 0.29) is 10.3 Å². The van der Waals surface area contributed by atoms with Crippen LogP contribution in [0.15, 0.2) is 35.7 Å². The van der Waals surface area contributed by atoms with Crippen LogP contribution < -0.4 is 9.51 Å². The first-order valence-electron chi connectivity index (χ1n) is 5.30. The molecular weight excluding hydrogens is 251 g/mol. The largest absolute Gasteiger partial charge is 0.499 e. The molecule has 92 valence electrons. The van der Waals surface area contributed by atoms with Crippen LogP contribution in [0.3, 0.4) is 0 Å². The van der Waals surface area contributed by atoms with Crippen molar-refractivity contribution in [1.29, 1.82) is 0 Å².